The summed E-state index contributed by atoms with van der Waals surface area (Å²) in [6, 6.07) is 14.5. The highest BCUT2D eigenvalue weighted by Gasteiger charge is 2.14. The van der Waals surface area contributed by atoms with E-state index in [4.69, 9.17) is 4.74 Å². The van der Waals surface area contributed by atoms with Gasteiger partial charge in [-0.25, -0.2) is 4.98 Å². The molecular formula is C19H18N2O3S. The average Bonchev–Trinajstić information content (AvgIpc) is 2.61. The van der Waals surface area contributed by atoms with E-state index in [0.29, 0.717) is 28.4 Å². The van der Waals surface area contributed by atoms with Gasteiger partial charge in [-0.3, -0.25) is 14.2 Å². The average molecular weight is 354 g/mol. The molecule has 0 unspecified atom stereocenters. The number of Topliss-reactive ketones (excluding diaryl/α,β-unsaturated/α-hetero) is 1. The van der Waals surface area contributed by atoms with Crippen molar-refractivity contribution < 1.29 is 9.53 Å². The number of carbonyl (C=O) groups is 1. The van der Waals surface area contributed by atoms with Crippen LogP contribution in [0.15, 0.2) is 58.5 Å². The number of hydrogen-bond acceptors (Lipinski definition) is 5. The van der Waals surface area contributed by atoms with E-state index < -0.39 is 0 Å². The molecule has 0 spiro atoms. The molecule has 0 saturated heterocycles. The molecule has 5 nitrogen and oxygen atoms in total. The number of rotatable bonds is 6. The molecule has 0 N–H and O–H groups in total. The summed E-state index contributed by atoms with van der Waals surface area (Å²) in [7, 11) is 0. The minimum Gasteiger partial charge on any atom is -0.494 e. The Morgan fingerprint density at radius 2 is 1.88 bits per heavy atom. The first-order valence-electron chi connectivity index (χ1n) is 7.97. The summed E-state index contributed by atoms with van der Waals surface area (Å²) in [4.78, 5) is 29.0. The van der Waals surface area contributed by atoms with E-state index in [-0.39, 0.29) is 17.1 Å². The molecule has 0 aliphatic rings. The SMILES string of the molecule is CCOc1ccc(-n2c(SCC(C)=O)nc3ccccc3c2=O)cc1. The first kappa shape index (κ1) is 17.2. The van der Waals surface area contributed by atoms with Gasteiger partial charge in [-0.05, 0) is 50.2 Å². The molecule has 3 rings (SSSR count). The van der Waals surface area contributed by atoms with Gasteiger partial charge in [0.1, 0.15) is 11.5 Å². The normalized spacial score (nSPS) is 10.8. The predicted octanol–water partition coefficient (Wildman–Crippen LogP) is 3.47. The molecule has 0 saturated carbocycles. The molecule has 0 aliphatic carbocycles. The van der Waals surface area contributed by atoms with Gasteiger partial charge < -0.3 is 4.74 Å². The lowest BCUT2D eigenvalue weighted by Gasteiger charge is -2.13. The predicted molar refractivity (Wildman–Crippen MR) is 99.9 cm³/mol. The molecule has 0 aliphatic heterocycles. The Balaban J connectivity index is 2.16. The van der Waals surface area contributed by atoms with Crippen LogP contribution in [0.2, 0.25) is 0 Å². The third-order valence-electron chi connectivity index (χ3n) is 3.56. The Hall–Kier alpha value is -2.60. The molecule has 1 aromatic heterocycles. The number of nitrogens with zero attached hydrogens (tertiary/aromatic N) is 2. The first-order valence-corrected chi connectivity index (χ1v) is 8.96. The second-order valence-corrected chi connectivity index (χ2v) is 6.41. The van der Waals surface area contributed by atoms with Crippen LogP contribution in [0, 0.1) is 0 Å². The highest BCUT2D eigenvalue weighted by atomic mass is 32.2. The number of hydrogen-bond donors (Lipinski definition) is 0. The van der Waals surface area contributed by atoms with Crippen molar-refractivity contribution in [1.29, 1.82) is 0 Å². The zero-order valence-electron chi connectivity index (χ0n) is 14.1. The van der Waals surface area contributed by atoms with Crippen molar-refractivity contribution in [2.75, 3.05) is 12.4 Å². The Bertz CT molecular complexity index is 965. The number of fused-ring (bicyclic) bond motifs is 1. The highest BCUT2D eigenvalue weighted by molar-refractivity contribution is 7.99. The van der Waals surface area contributed by atoms with Gasteiger partial charge in [0.25, 0.3) is 5.56 Å². The number of thioether (sulfide) groups is 1. The number of aromatic nitrogens is 2. The molecule has 0 bridgehead atoms. The van der Waals surface area contributed by atoms with Gasteiger partial charge in [-0.15, -0.1) is 0 Å². The first-order chi connectivity index (χ1) is 12.1. The Morgan fingerprint density at radius 3 is 2.56 bits per heavy atom. The molecule has 0 atom stereocenters. The van der Waals surface area contributed by atoms with Gasteiger partial charge in [-0.2, -0.15) is 0 Å². The highest BCUT2D eigenvalue weighted by Crippen LogP contribution is 2.22. The molecule has 0 fully saturated rings. The Morgan fingerprint density at radius 1 is 1.16 bits per heavy atom. The van der Waals surface area contributed by atoms with Crippen LogP contribution in [0.3, 0.4) is 0 Å². The van der Waals surface area contributed by atoms with Crippen LogP contribution in [0.1, 0.15) is 13.8 Å². The van der Waals surface area contributed by atoms with E-state index in [1.807, 2.05) is 43.3 Å². The van der Waals surface area contributed by atoms with Crippen molar-refractivity contribution >= 4 is 28.4 Å². The molecule has 128 valence electrons. The summed E-state index contributed by atoms with van der Waals surface area (Å²) >= 11 is 1.26. The van der Waals surface area contributed by atoms with Crippen LogP contribution in [0.5, 0.6) is 5.75 Å². The molecule has 6 heteroatoms. The van der Waals surface area contributed by atoms with E-state index >= 15 is 0 Å². The molecule has 0 amide bonds. The van der Waals surface area contributed by atoms with Crippen molar-refractivity contribution in [1.82, 2.24) is 9.55 Å². The zero-order valence-corrected chi connectivity index (χ0v) is 14.9. The van der Waals surface area contributed by atoms with Gasteiger partial charge in [-0.1, -0.05) is 23.9 Å². The van der Waals surface area contributed by atoms with Crippen LogP contribution >= 0.6 is 11.8 Å². The lowest BCUT2D eigenvalue weighted by Crippen LogP contribution is -2.22. The van der Waals surface area contributed by atoms with Crippen molar-refractivity contribution in [3.63, 3.8) is 0 Å². The van der Waals surface area contributed by atoms with Gasteiger partial charge in [0.05, 0.1) is 29.0 Å². The van der Waals surface area contributed by atoms with Crippen LogP contribution in [0.25, 0.3) is 16.6 Å². The van der Waals surface area contributed by atoms with Crippen molar-refractivity contribution in [3.8, 4) is 11.4 Å². The number of ether oxygens (including phenoxy) is 1. The van der Waals surface area contributed by atoms with E-state index in [0.717, 1.165) is 5.75 Å². The summed E-state index contributed by atoms with van der Waals surface area (Å²) in [5.74, 6) is 1.04. The topological polar surface area (TPSA) is 61.2 Å². The van der Waals surface area contributed by atoms with Crippen molar-refractivity contribution in [2.24, 2.45) is 0 Å². The molecular weight excluding hydrogens is 336 g/mol. The van der Waals surface area contributed by atoms with Crippen LogP contribution < -0.4 is 10.3 Å². The zero-order chi connectivity index (χ0) is 17.8. The standard InChI is InChI=1S/C19H18N2O3S/c1-3-24-15-10-8-14(9-11-15)21-18(23)16-6-4-5-7-17(16)20-19(21)25-12-13(2)22/h4-11H,3,12H2,1-2H3. The number of ketones is 1. The lowest BCUT2D eigenvalue weighted by atomic mass is 10.2. The monoisotopic (exact) mass is 354 g/mol. The van der Waals surface area contributed by atoms with Gasteiger partial charge >= 0.3 is 0 Å². The van der Waals surface area contributed by atoms with E-state index in [9.17, 15) is 9.59 Å². The third kappa shape index (κ3) is 3.74. The largest absolute Gasteiger partial charge is 0.494 e. The summed E-state index contributed by atoms with van der Waals surface area (Å²) < 4.78 is 7.00. The number of benzene rings is 2. The summed E-state index contributed by atoms with van der Waals surface area (Å²) in [6.07, 6.45) is 0. The van der Waals surface area contributed by atoms with E-state index in [1.165, 1.54) is 18.7 Å². The smallest absolute Gasteiger partial charge is 0.266 e. The fourth-order valence-corrected chi connectivity index (χ4v) is 3.27. The van der Waals surface area contributed by atoms with Gasteiger partial charge in [0, 0.05) is 0 Å². The minimum atomic E-state index is -0.152. The summed E-state index contributed by atoms with van der Waals surface area (Å²) in [5, 5.41) is 1.05. The third-order valence-corrected chi connectivity index (χ3v) is 4.64. The maximum atomic E-state index is 13.0. The maximum Gasteiger partial charge on any atom is 0.266 e. The Labute approximate surface area is 149 Å². The second-order valence-electron chi connectivity index (χ2n) is 5.47. The van der Waals surface area contributed by atoms with Crippen molar-refractivity contribution in [2.45, 2.75) is 19.0 Å². The van der Waals surface area contributed by atoms with Crippen LogP contribution in [0.4, 0.5) is 0 Å². The molecule has 25 heavy (non-hydrogen) atoms. The number of para-hydroxylation sites is 1. The fraction of sp³-hybridized carbons (Fsp3) is 0.211. The maximum absolute atomic E-state index is 13.0. The molecule has 0 radical (unpaired) electrons. The van der Waals surface area contributed by atoms with Crippen LogP contribution in [-0.4, -0.2) is 27.7 Å². The molecule has 3 aromatic rings. The fourth-order valence-electron chi connectivity index (χ4n) is 2.46. The molecule has 1 heterocycles. The molecule has 2 aromatic carbocycles. The Kier molecular flexibility index (Phi) is 5.19. The van der Waals surface area contributed by atoms with Gasteiger partial charge in [0.15, 0.2) is 5.16 Å². The van der Waals surface area contributed by atoms with Crippen LogP contribution in [-0.2, 0) is 4.79 Å². The van der Waals surface area contributed by atoms with E-state index in [1.54, 1.807) is 16.7 Å². The second kappa shape index (κ2) is 7.53. The summed E-state index contributed by atoms with van der Waals surface area (Å²) in [5.41, 5.74) is 1.17. The number of carbonyl (C=O) groups excluding carboxylic acids is 1. The quantitative estimate of drug-likeness (QED) is 0.501. The lowest BCUT2D eigenvalue weighted by molar-refractivity contribution is -0.114. The van der Waals surface area contributed by atoms with Gasteiger partial charge in [0.2, 0.25) is 0 Å². The minimum absolute atomic E-state index is 0.0330. The van der Waals surface area contributed by atoms with Crippen molar-refractivity contribution in [3.05, 3.63) is 58.9 Å². The van der Waals surface area contributed by atoms with E-state index in [2.05, 4.69) is 4.98 Å². The summed E-state index contributed by atoms with van der Waals surface area (Å²) in [6.45, 7) is 4.02.